The fraction of sp³-hybridized carbons (Fsp3) is 0.381. The maximum Gasteiger partial charge on any atom is 0.237 e. The Morgan fingerprint density at radius 1 is 1.04 bits per heavy atom. The van der Waals surface area contributed by atoms with E-state index >= 15 is 0 Å². The summed E-state index contributed by atoms with van der Waals surface area (Å²) in [6, 6.07) is 12.7. The molecule has 0 saturated heterocycles. The number of rotatable bonds is 4. The summed E-state index contributed by atoms with van der Waals surface area (Å²) in [5.74, 6) is 1.54. The number of amides is 1. The van der Waals surface area contributed by atoms with E-state index in [0.717, 1.165) is 30.8 Å². The molecule has 1 aliphatic carbocycles. The van der Waals surface area contributed by atoms with Crippen molar-refractivity contribution in [2.75, 3.05) is 24.3 Å². The van der Waals surface area contributed by atoms with Crippen LogP contribution in [0, 0.1) is 0 Å². The Hall–Kier alpha value is -1.94. The molecule has 3 nitrogen and oxygen atoms in total. The van der Waals surface area contributed by atoms with Gasteiger partial charge in [0.1, 0.15) is 5.75 Å². The molecule has 4 heteroatoms. The summed E-state index contributed by atoms with van der Waals surface area (Å²) < 4.78 is 5.31. The molecule has 0 bridgehead atoms. The van der Waals surface area contributed by atoms with Gasteiger partial charge in [-0.25, -0.2) is 0 Å². The van der Waals surface area contributed by atoms with Crippen molar-refractivity contribution < 1.29 is 9.53 Å². The van der Waals surface area contributed by atoms with Crippen LogP contribution in [-0.2, 0) is 24.1 Å². The molecule has 0 spiro atoms. The Kier molecular flexibility index (Phi) is 4.71. The molecule has 0 radical (unpaired) electrons. The number of fused-ring (bicyclic) bond motifs is 2. The molecule has 0 unspecified atom stereocenters. The van der Waals surface area contributed by atoms with Gasteiger partial charge in [-0.15, -0.1) is 11.8 Å². The van der Waals surface area contributed by atoms with E-state index in [0.29, 0.717) is 5.75 Å². The minimum absolute atomic E-state index is 0.191. The number of nitrogens with zero attached hydrogens (tertiary/aromatic N) is 1. The van der Waals surface area contributed by atoms with E-state index in [9.17, 15) is 4.79 Å². The first-order valence-corrected chi connectivity index (χ1v) is 9.95. The van der Waals surface area contributed by atoms with Crippen molar-refractivity contribution >= 4 is 23.4 Å². The standard InChI is InChI=1S/C21H23NO2S/c1-24-18-8-10-20-17(12-18)6-3-11-22(20)21(23)14-25-19-9-7-15-4-2-5-16(15)13-19/h7-10,12-13H,2-6,11,14H2,1H3. The van der Waals surface area contributed by atoms with Crippen LogP contribution in [0.2, 0.25) is 0 Å². The molecule has 0 N–H and O–H groups in total. The second-order valence-electron chi connectivity index (χ2n) is 6.72. The Labute approximate surface area is 153 Å². The number of hydrogen-bond acceptors (Lipinski definition) is 3. The van der Waals surface area contributed by atoms with Gasteiger partial charge in [0, 0.05) is 17.1 Å². The lowest BCUT2D eigenvalue weighted by molar-refractivity contribution is -0.116. The van der Waals surface area contributed by atoms with Crippen molar-refractivity contribution in [3.63, 3.8) is 0 Å². The lowest BCUT2D eigenvalue weighted by Crippen LogP contribution is -2.36. The molecule has 1 aliphatic heterocycles. The van der Waals surface area contributed by atoms with Crippen molar-refractivity contribution in [3.8, 4) is 5.75 Å². The first-order valence-electron chi connectivity index (χ1n) is 8.96. The molecule has 4 rings (SSSR count). The van der Waals surface area contributed by atoms with Gasteiger partial charge in [0.05, 0.1) is 12.9 Å². The topological polar surface area (TPSA) is 29.5 Å². The van der Waals surface area contributed by atoms with Crippen LogP contribution in [0.1, 0.15) is 29.5 Å². The van der Waals surface area contributed by atoms with Crippen LogP contribution in [-0.4, -0.2) is 25.3 Å². The predicted molar refractivity (Wildman–Crippen MR) is 103 cm³/mol. The van der Waals surface area contributed by atoms with Gasteiger partial charge < -0.3 is 9.64 Å². The quantitative estimate of drug-likeness (QED) is 0.770. The molecule has 2 aromatic carbocycles. The zero-order valence-electron chi connectivity index (χ0n) is 14.6. The van der Waals surface area contributed by atoms with Crippen LogP contribution in [0.15, 0.2) is 41.3 Å². The maximum atomic E-state index is 12.8. The van der Waals surface area contributed by atoms with Crippen LogP contribution in [0.3, 0.4) is 0 Å². The minimum Gasteiger partial charge on any atom is -0.497 e. The van der Waals surface area contributed by atoms with Gasteiger partial charge in [-0.1, -0.05) is 6.07 Å². The SMILES string of the molecule is COc1ccc2c(c1)CCCN2C(=O)CSc1ccc2c(c1)CCC2. The van der Waals surface area contributed by atoms with Gasteiger partial charge in [0.2, 0.25) is 5.91 Å². The third-order valence-electron chi connectivity index (χ3n) is 5.14. The average molecular weight is 353 g/mol. The summed E-state index contributed by atoms with van der Waals surface area (Å²) >= 11 is 1.65. The third kappa shape index (κ3) is 3.40. The van der Waals surface area contributed by atoms with Gasteiger partial charge in [-0.3, -0.25) is 4.79 Å². The molecule has 1 heterocycles. The smallest absolute Gasteiger partial charge is 0.237 e. The number of anilines is 1. The van der Waals surface area contributed by atoms with E-state index in [1.54, 1.807) is 18.9 Å². The highest BCUT2D eigenvalue weighted by Gasteiger charge is 2.23. The highest BCUT2D eigenvalue weighted by molar-refractivity contribution is 8.00. The van der Waals surface area contributed by atoms with Crippen molar-refractivity contribution in [2.24, 2.45) is 0 Å². The lowest BCUT2D eigenvalue weighted by Gasteiger charge is -2.29. The Balaban J connectivity index is 1.45. The fourth-order valence-electron chi connectivity index (χ4n) is 3.82. The second kappa shape index (κ2) is 7.12. The number of ether oxygens (including phenoxy) is 1. The molecular weight excluding hydrogens is 330 g/mol. The zero-order chi connectivity index (χ0) is 17.2. The first-order chi connectivity index (χ1) is 12.2. The Morgan fingerprint density at radius 3 is 2.76 bits per heavy atom. The van der Waals surface area contributed by atoms with Gasteiger partial charge >= 0.3 is 0 Å². The van der Waals surface area contributed by atoms with Crippen LogP contribution >= 0.6 is 11.8 Å². The van der Waals surface area contributed by atoms with Crippen molar-refractivity contribution in [2.45, 2.75) is 37.0 Å². The average Bonchev–Trinajstić information content (AvgIpc) is 3.13. The number of carbonyl (C=O) groups is 1. The summed E-state index contributed by atoms with van der Waals surface area (Å²) in [4.78, 5) is 15.9. The molecule has 1 amide bonds. The van der Waals surface area contributed by atoms with Crippen molar-refractivity contribution in [1.82, 2.24) is 0 Å². The molecule has 25 heavy (non-hydrogen) atoms. The summed E-state index contributed by atoms with van der Waals surface area (Å²) in [5.41, 5.74) is 5.20. The molecule has 0 atom stereocenters. The normalized spacial score (nSPS) is 15.6. The molecular formula is C21H23NO2S. The molecule has 0 aromatic heterocycles. The van der Waals surface area contributed by atoms with Crippen molar-refractivity contribution in [1.29, 1.82) is 0 Å². The summed E-state index contributed by atoms with van der Waals surface area (Å²) in [6.07, 6.45) is 5.66. The van der Waals surface area contributed by atoms with E-state index in [4.69, 9.17) is 4.74 Å². The number of aryl methyl sites for hydroxylation is 3. The van der Waals surface area contributed by atoms with E-state index in [2.05, 4.69) is 24.3 Å². The Morgan fingerprint density at radius 2 is 1.88 bits per heavy atom. The first kappa shape index (κ1) is 16.5. The molecule has 0 saturated carbocycles. The largest absolute Gasteiger partial charge is 0.497 e. The highest BCUT2D eigenvalue weighted by atomic mass is 32.2. The number of benzene rings is 2. The zero-order valence-corrected chi connectivity index (χ0v) is 15.4. The molecule has 130 valence electrons. The number of methoxy groups -OCH3 is 1. The number of hydrogen-bond donors (Lipinski definition) is 0. The van der Waals surface area contributed by atoms with E-state index in [-0.39, 0.29) is 5.91 Å². The van der Waals surface area contributed by atoms with Crippen LogP contribution in [0.5, 0.6) is 5.75 Å². The molecule has 0 fully saturated rings. The van der Waals surface area contributed by atoms with Crippen LogP contribution in [0.4, 0.5) is 5.69 Å². The molecule has 2 aromatic rings. The Bertz CT molecular complexity index is 802. The number of carbonyl (C=O) groups excluding carboxylic acids is 1. The third-order valence-corrected chi connectivity index (χ3v) is 6.12. The summed E-state index contributed by atoms with van der Waals surface area (Å²) in [6.45, 7) is 0.808. The number of thioether (sulfide) groups is 1. The van der Waals surface area contributed by atoms with Gasteiger partial charge in [0.15, 0.2) is 0 Å². The van der Waals surface area contributed by atoms with Crippen LogP contribution in [0.25, 0.3) is 0 Å². The minimum atomic E-state index is 0.191. The summed E-state index contributed by atoms with van der Waals surface area (Å²) in [7, 11) is 1.68. The van der Waals surface area contributed by atoms with Crippen molar-refractivity contribution in [3.05, 3.63) is 53.1 Å². The van der Waals surface area contributed by atoms with Gasteiger partial charge in [0.25, 0.3) is 0 Å². The van der Waals surface area contributed by atoms with Gasteiger partial charge in [-0.05, 0) is 79.1 Å². The van der Waals surface area contributed by atoms with Crippen LogP contribution < -0.4 is 9.64 Å². The maximum absolute atomic E-state index is 12.8. The van der Waals surface area contributed by atoms with E-state index < -0.39 is 0 Å². The molecule has 2 aliphatic rings. The second-order valence-corrected chi connectivity index (χ2v) is 7.77. The van der Waals surface area contributed by atoms with E-state index in [1.165, 1.54) is 40.8 Å². The van der Waals surface area contributed by atoms with Gasteiger partial charge in [-0.2, -0.15) is 0 Å². The monoisotopic (exact) mass is 353 g/mol. The summed E-state index contributed by atoms with van der Waals surface area (Å²) in [5, 5.41) is 0. The fourth-order valence-corrected chi connectivity index (χ4v) is 4.66. The predicted octanol–water partition coefficient (Wildman–Crippen LogP) is 4.26. The highest BCUT2D eigenvalue weighted by Crippen LogP contribution is 2.32. The van der Waals surface area contributed by atoms with E-state index in [1.807, 2.05) is 17.0 Å². The lowest BCUT2D eigenvalue weighted by atomic mass is 10.0.